The molecule has 1 heterocycles. The van der Waals surface area contributed by atoms with Gasteiger partial charge in [0.2, 0.25) is 0 Å². The predicted octanol–water partition coefficient (Wildman–Crippen LogP) is 1.92. The van der Waals surface area contributed by atoms with Crippen LogP contribution in [0, 0.1) is 6.92 Å². The molecule has 0 saturated heterocycles. The maximum absolute atomic E-state index is 5.90. The molecular formula is C15H20N4. The quantitative estimate of drug-likeness (QED) is 0.888. The van der Waals surface area contributed by atoms with Crippen LogP contribution in [0.1, 0.15) is 23.0 Å². The van der Waals surface area contributed by atoms with Crippen molar-refractivity contribution in [3.05, 3.63) is 59.7 Å². The van der Waals surface area contributed by atoms with Gasteiger partial charge in [0.25, 0.3) is 0 Å². The number of hydrogen-bond donors (Lipinski definition) is 1. The topological polar surface area (TPSA) is 55.0 Å². The lowest BCUT2D eigenvalue weighted by atomic mass is 10.1. The van der Waals surface area contributed by atoms with Crippen LogP contribution in [0.15, 0.2) is 42.7 Å². The molecule has 1 atom stereocenters. The van der Waals surface area contributed by atoms with Crippen LogP contribution in [0.4, 0.5) is 0 Å². The maximum Gasteiger partial charge on any atom is 0.125 e. The van der Waals surface area contributed by atoms with Gasteiger partial charge in [-0.25, -0.2) is 9.97 Å². The molecule has 1 aromatic carbocycles. The molecule has 0 aliphatic carbocycles. The van der Waals surface area contributed by atoms with Gasteiger partial charge in [-0.05, 0) is 19.5 Å². The van der Waals surface area contributed by atoms with E-state index in [1.807, 2.05) is 25.4 Å². The summed E-state index contributed by atoms with van der Waals surface area (Å²) in [5.74, 6) is 0.783. The van der Waals surface area contributed by atoms with E-state index in [1.54, 1.807) is 0 Å². The number of aryl methyl sites for hydroxylation is 1. The Morgan fingerprint density at radius 3 is 2.37 bits per heavy atom. The Balaban J connectivity index is 2.11. The van der Waals surface area contributed by atoms with Crippen LogP contribution in [0.3, 0.4) is 0 Å². The second-order valence-corrected chi connectivity index (χ2v) is 4.72. The SMILES string of the molecule is Cc1ncc(C(CN)N(C)Cc2ccccc2)cn1. The minimum absolute atomic E-state index is 0.140. The Morgan fingerprint density at radius 2 is 1.79 bits per heavy atom. The van der Waals surface area contributed by atoms with Gasteiger partial charge >= 0.3 is 0 Å². The Kier molecular flexibility index (Phi) is 4.60. The van der Waals surface area contributed by atoms with Crippen LogP contribution >= 0.6 is 0 Å². The lowest BCUT2D eigenvalue weighted by Crippen LogP contribution is -2.30. The zero-order valence-corrected chi connectivity index (χ0v) is 11.5. The number of nitrogens with two attached hydrogens (primary N) is 1. The van der Waals surface area contributed by atoms with Crippen molar-refractivity contribution in [1.29, 1.82) is 0 Å². The maximum atomic E-state index is 5.90. The molecule has 4 heteroatoms. The molecule has 0 spiro atoms. The van der Waals surface area contributed by atoms with Gasteiger partial charge < -0.3 is 5.73 Å². The van der Waals surface area contributed by atoms with Gasteiger partial charge in [-0.1, -0.05) is 30.3 Å². The number of hydrogen-bond acceptors (Lipinski definition) is 4. The molecule has 0 amide bonds. The molecule has 19 heavy (non-hydrogen) atoms. The summed E-state index contributed by atoms with van der Waals surface area (Å²) in [5, 5.41) is 0. The highest BCUT2D eigenvalue weighted by Gasteiger charge is 2.16. The third-order valence-corrected chi connectivity index (χ3v) is 3.22. The summed E-state index contributed by atoms with van der Waals surface area (Å²) < 4.78 is 0. The van der Waals surface area contributed by atoms with Crippen LogP contribution in [-0.2, 0) is 6.54 Å². The van der Waals surface area contributed by atoms with Gasteiger partial charge in [-0.2, -0.15) is 0 Å². The zero-order chi connectivity index (χ0) is 13.7. The Bertz CT molecular complexity index is 495. The van der Waals surface area contributed by atoms with E-state index < -0.39 is 0 Å². The van der Waals surface area contributed by atoms with Crippen molar-refractivity contribution in [2.24, 2.45) is 5.73 Å². The largest absolute Gasteiger partial charge is 0.329 e. The van der Waals surface area contributed by atoms with Gasteiger partial charge in [0.05, 0.1) is 6.04 Å². The lowest BCUT2D eigenvalue weighted by molar-refractivity contribution is 0.241. The molecular weight excluding hydrogens is 236 g/mol. The summed E-state index contributed by atoms with van der Waals surface area (Å²) in [7, 11) is 2.07. The number of benzene rings is 1. The number of likely N-dealkylation sites (N-methyl/N-ethyl adjacent to an activating group) is 1. The molecule has 2 rings (SSSR count). The normalized spacial score (nSPS) is 12.6. The third-order valence-electron chi connectivity index (χ3n) is 3.22. The molecule has 4 nitrogen and oxygen atoms in total. The summed E-state index contributed by atoms with van der Waals surface area (Å²) >= 11 is 0. The first-order valence-electron chi connectivity index (χ1n) is 6.43. The molecule has 0 aliphatic heterocycles. The van der Waals surface area contributed by atoms with E-state index in [0.717, 1.165) is 17.9 Å². The van der Waals surface area contributed by atoms with Crippen molar-refractivity contribution >= 4 is 0 Å². The molecule has 2 aromatic rings. The second kappa shape index (κ2) is 6.41. The van der Waals surface area contributed by atoms with E-state index in [1.165, 1.54) is 5.56 Å². The summed E-state index contributed by atoms with van der Waals surface area (Å²) in [6.45, 7) is 3.29. The second-order valence-electron chi connectivity index (χ2n) is 4.72. The average Bonchev–Trinajstić information content (AvgIpc) is 2.43. The molecule has 0 bridgehead atoms. The zero-order valence-electron chi connectivity index (χ0n) is 11.5. The molecule has 0 fully saturated rings. The Hall–Kier alpha value is -1.78. The van der Waals surface area contributed by atoms with E-state index in [0.29, 0.717) is 6.54 Å². The van der Waals surface area contributed by atoms with E-state index in [-0.39, 0.29) is 6.04 Å². The van der Waals surface area contributed by atoms with Crippen molar-refractivity contribution in [2.75, 3.05) is 13.6 Å². The molecule has 100 valence electrons. The van der Waals surface area contributed by atoms with Gasteiger partial charge in [-0.3, -0.25) is 4.90 Å². The first kappa shape index (κ1) is 13.6. The first-order chi connectivity index (χ1) is 9.20. The smallest absolute Gasteiger partial charge is 0.125 e. The standard InChI is InChI=1S/C15H20N4/c1-12-17-9-14(10-18-12)15(8-16)19(2)11-13-6-4-3-5-7-13/h3-7,9-10,15H,8,11,16H2,1-2H3. The summed E-state index contributed by atoms with van der Waals surface area (Å²) in [6, 6.07) is 10.5. The van der Waals surface area contributed by atoms with Crippen LogP contribution in [0.25, 0.3) is 0 Å². The highest BCUT2D eigenvalue weighted by Crippen LogP contribution is 2.18. The fraction of sp³-hybridized carbons (Fsp3) is 0.333. The average molecular weight is 256 g/mol. The minimum atomic E-state index is 0.140. The van der Waals surface area contributed by atoms with E-state index >= 15 is 0 Å². The van der Waals surface area contributed by atoms with E-state index in [2.05, 4.69) is 46.2 Å². The van der Waals surface area contributed by atoms with Gasteiger partial charge in [-0.15, -0.1) is 0 Å². The van der Waals surface area contributed by atoms with Crippen molar-refractivity contribution in [3.63, 3.8) is 0 Å². The molecule has 0 saturated carbocycles. The van der Waals surface area contributed by atoms with Crippen LogP contribution in [0.5, 0.6) is 0 Å². The van der Waals surface area contributed by atoms with Gasteiger partial charge in [0, 0.05) is 31.0 Å². The molecule has 1 unspecified atom stereocenters. The summed E-state index contributed by atoms with van der Waals surface area (Å²) in [5.41, 5.74) is 8.24. The number of nitrogens with zero attached hydrogens (tertiary/aromatic N) is 3. The van der Waals surface area contributed by atoms with Gasteiger partial charge in [0.15, 0.2) is 0 Å². The third kappa shape index (κ3) is 3.59. The van der Waals surface area contributed by atoms with Crippen molar-refractivity contribution in [3.8, 4) is 0 Å². The molecule has 0 radical (unpaired) electrons. The highest BCUT2D eigenvalue weighted by atomic mass is 15.1. The van der Waals surface area contributed by atoms with E-state index in [4.69, 9.17) is 5.73 Å². The molecule has 0 aliphatic rings. The van der Waals surface area contributed by atoms with E-state index in [9.17, 15) is 0 Å². The number of aromatic nitrogens is 2. The van der Waals surface area contributed by atoms with Crippen LogP contribution in [-0.4, -0.2) is 28.5 Å². The Labute approximate surface area is 114 Å². The fourth-order valence-electron chi connectivity index (χ4n) is 2.13. The minimum Gasteiger partial charge on any atom is -0.329 e. The summed E-state index contributed by atoms with van der Waals surface area (Å²) in [6.07, 6.45) is 3.72. The predicted molar refractivity (Wildman–Crippen MR) is 76.5 cm³/mol. The molecule has 1 aromatic heterocycles. The summed E-state index contributed by atoms with van der Waals surface area (Å²) in [4.78, 5) is 10.7. The monoisotopic (exact) mass is 256 g/mol. The highest BCUT2D eigenvalue weighted by molar-refractivity contribution is 5.16. The Morgan fingerprint density at radius 1 is 1.16 bits per heavy atom. The van der Waals surface area contributed by atoms with Gasteiger partial charge in [0.1, 0.15) is 5.82 Å². The van der Waals surface area contributed by atoms with Crippen molar-refractivity contribution in [1.82, 2.24) is 14.9 Å². The molecule has 2 N–H and O–H groups in total. The lowest BCUT2D eigenvalue weighted by Gasteiger charge is -2.27. The first-order valence-corrected chi connectivity index (χ1v) is 6.43. The van der Waals surface area contributed by atoms with Crippen molar-refractivity contribution < 1.29 is 0 Å². The van der Waals surface area contributed by atoms with Crippen LogP contribution < -0.4 is 5.73 Å². The van der Waals surface area contributed by atoms with Crippen LogP contribution in [0.2, 0.25) is 0 Å². The number of rotatable bonds is 5. The van der Waals surface area contributed by atoms with Crippen molar-refractivity contribution in [2.45, 2.75) is 19.5 Å². The fourth-order valence-corrected chi connectivity index (χ4v) is 2.13.